The number of carbonyl (C=O) groups excluding carboxylic acids is 1. The van der Waals surface area contributed by atoms with Gasteiger partial charge in [0.05, 0.1) is 6.20 Å². The predicted octanol–water partition coefficient (Wildman–Crippen LogP) is 1.32. The quantitative estimate of drug-likeness (QED) is 0.917. The maximum atomic E-state index is 12.3. The maximum absolute atomic E-state index is 12.3. The second kappa shape index (κ2) is 5.48. The van der Waals surface area contributed by atoms with E-state index in [1.54, 1.807) is 10.9 Å². The highest BCUT2D eigenvalue weighted by Gasteiger charge is 2.26. The number of likely N-dealkylation sites (tertiary alicyclic amines) is 1. The van der Waals surface area contributed by atoms with E-state index in [2.05, 4.69) is 22.2 Å². The fourth-order valence-electron chi connectivity index (χ4n) is 2.84. The van der Waals surface area contributed by atoms with Crippen LogP contribution in [0, 0.1) is 6.92 Å². The van der Waals surface area contributed by atoms with Gasteiger partial charge in [0.15, 0.2) is 0 Å². The number of hydrogen-bond donors (Lipinski definition) is 1. The van der Waals surface area contributed by atoms with Gasteiger partial charge in [0, 0.05) is 37.1 Å². The average molecular weight is 273 g/mol. The third-order valence-electron chi connectivity index (χ3n) is 3.91. The zero-order valence-corrected chi connectivity index (χ0v) is 11.6. The molecule has 106 valence electrons. The minimum Gasteiger partial charge on any atom is -0.340 e. The van der Waals surface area contributed by atoms with Gasteiger partial charge in [0.25, 0.3) is 0 Å². The van der Waals surface area contributed by atoms with Crippen molar-refractivity contribution in [2.24, 2.45) is 0 Å². The van der Waals surface area contributed by atoms with Crippen LogP contribution in [-0.4, -0.2) is 43.9 Å². The van der Waals surface area contributed by atoms with E-state index in [-0.39, 0.29) is 5.91 Å². The van der Waals surface area contributed by atoms with Crippen LogP contribution in [-0.2, 0) is 11.3 Å². The third kappa shape index (κ3) is 2.59. The number of aromatic amines is 1. The lowest BCUT2D eigenvalue weighted by Gasteiger charge is -2.32. The van der Waals surface area contributed by atoms with Crippen molar-refractivity contribution in [3.63, 3.8) is 0 Å². The number of piperidine rings is 1. The van der Waals surface area contributed by atoms with E-state index in [1.165, 1.54) is 11.3 Å². The zero-order valence-electron chi connectivity index (χ0n) is 11.6. The number of aryl methyl sites for hydroxylation is 1. The fourth-order valence-corrected chi connectivity index (χ4v) is 2.84. The summed E-state index contributed by atoms with van der Waals surface area (Å²) in [6.07, 6.45) is 7.50. The van der Waals surface area contributed by atoms with Gasteiger partial charge in [-0.3, -0.25) is 14.6 Å². The molecule has 2 aromatic rings. The van der Waals surface area contributed by atoms with E-state index < -0.39 is 0 Å². The zero-order chi connectivity index (χ0) is 13.9. The third-order valence-corrected chi connectivity index (χ3v) is 3.91. The van der Waals surface area contributed by atoms with Gasteiger partial charge in [-0.25, -0.2) is 0 Å². The Labute approximate surface area is 117 Å². The van der Waals surface area contributed by atoms with E-state index in [0.29, 0.717) is 12.5 Å². The van der Waals surface area contributed by atoms with E-state index in [4.69, 9.17) is 0 Å². The van der Waals surface area contributed by atoms with Crippen molar-refractivity contribution >= 4 is 5.91 Å². The smallest absolute Gasteiger partial charge is 0.244 e. The first-order valence-electron chi connectivity index (χ1n) is 6.99. The summed E-state index contributed by atoms with van der Waals surface area (Å²) in [6, 6.07) is 1.83. The van der Waals surface area contributed by atoms with Gasteiger partial charge >= 0.3 is 0 Å². The molecule has 0 bridgehead atoms. The standard InChI is InChI=1S/C14H19N5O/c1-11-8-15-17-14(11)12-4-2-6-18(9-12)13(20)10-19-7-3-5-16-19/h3,5,7-8,12H,2,4,6,9-10H2,1H3,(H,15,17)/t12-/m1/s1. The van der Waals surface area contributed by atoms with Gasteiger partial charge in [-0.2, -0.15) is 10.2 Å². The van der Waals surface area contributed by atoms with E-state index in [0.717, 1.165) is 25.9 Å². The summed E-state index contributed by atoms with van der Waals surface area (Å²) >= 11 is 0. The number of hydrogen-bond acceptors (Lipinski definition) is 3. The molecule has 1 fully saturated rings. The van der Waals surface area contributed by atoms with Crippen LogP contribution >= 0.6 is 0 Å². The Morgan fingerprint density at radius 3 is 3.15 bits per heavy atom. The largest absolute Gasteiger partial charge is 0.340 e. The van der Waals surface area contributed by atoms with Crippen molar-refractivity contribution < 1.29 is 4.79 Å². The van der Waals surface area contributed by atoms with Crippen molar-refractivity contribution in [2.45, 2.75) is 32.2 Å². The Hall–Kier alpha value is -2.11. The van der Waals surface area contributed by atoms with Crippen molar-refractivity contribution in [1.29, 1.82) is 0 Å². The van der Waals surface area contributed by atoms with Crippen LogP contribution in [0.15, 0.2) is 24.7 Å². The van der Waals surface area contributed by atoms with Gasteiger partial charge in [-0.05, 0) is 31.4 Å². The summed E-state index contributed by atoms with van der Waals surface area (Å²) in [5.41, 5.74) is 2.35. The molecule has 20 heavy (non-hydrogen) atoms. The lowest BCUT2D eigenvalue weighted by atomic mass is 9.93. The summed E-state index contributed by atoms with van der Waals surface area (Å²) in [5, 5.41) is 11.2. The van der Waals surface area contributed by atoms with Gasteiger partial charge in [-0.1, -0.05) is 0 Å². The van der Waals surface area contributed by atoms with Crippen molar-refractivity contribution in [3.05, 3.63) is 35.9 Å². The lowest BCUT2D eigenvalue weighted by molar-refractivity contribution is -0.133. The van der Waals surface area contributed by atoms with E-state index in [9.17, 15) is 4.79 Å². The molecular weight excluding hydrogens is 254 g/mol. The van der Waals surface area contributed by atoms with Crippen LogP contribution in [0.3, 0.4) is 0 Å². The summed E-state index contributed by atoms with van der Waals surface area (Å²) in [6.45, 7) is 3.98. The molecule has 6 nitrogen and oxygen atoms in total. The minimum absolute atomic E-state index is 0.135. The first-order chi connectivity index (χ1) is 9.74. The number of nitrogens with one attached hydrogen (secondary N) is 1. The first-order valence-corrected chi connectivity index (χ1v) is 6.99. The van der Waals surface area contributed by atoms with Crippen molar-refractivity contribution in [1.82, 2.24) is 24.9 Å². The molecule has 1 saturated heterocycles. The average Bonchev–Trinajstić information content (AvgIpc) is 3.10. The van der Waals surface area contributed by atoms with Gasteiger partial charge < -0.3 is 4.90 Å². The Bertz CT molecular complexity index is 574. The molecule has 1 atom stereocenters. The lowest BCUT2D eigenvalue weighted by Crippen LogP contribution is -2.41. The number of aromatic nitrogens is 4. The number of amides is 1. The summed E-state index contributed by atoms with van der Waals surface area (Å²) in [7, 11) is 0. The molecule has 6 heteroatoms. The fraction of sp³-hybridized carbons (Fsp3) is 0.500. The second-order valence-electron chi connectivity index (χ2n) is 5.35. The number of rotatable bonds is 3. The Morgan fingerprint density at radius 1 is 1.55 bits per heavy atom. The molecule has 3 heterocycles. The minimum atomic E-state index is 0.135. The van der Waals surface area contributed by atoms with Gasteiger partial charge in [-0.15, -0.1) is 0 Å². The van der Waals surface area contributed by atoms with Gasteiger partial charge in [0.2, 0.25) is 5.91 Å². The molecule has 3 rings (SSSR count). The highest BCUT2D eigenvalue weighted by atomic mass is 16.2. The van der Waals surface area contributed by atoms with Crippen LogP contribution < -0.4 is 0 Å². The second-order valence-corrected chi connectivity index (χ2v) is 5.35. The molecule has 2 aromatic heterocycles. The molecule has 0 aliphatic carbocycles. The van der Waals surface area contributed by atoms with Crippen LogP contribution in [0.1, 0.15) is 30.0 Å². The van der Waals surface area contributed by atoms with Crippen molar-refractivity contribution in [2.75, 3.05) is 13.1 Å². The van der Waals surface area contributed by atoms with Crippen LogP contribution in [0.5, 0.6) is 0 Å². The van der Waals surface area contributed by atoms with E-state index in [1.807, 2.05) is 23.4 Å². The molecule has 0 spiro atoms. The SMILES string of the molecule is Cc1cn[nH]c1[C@@H]1CCCN(C(=O)Cn2cccn2)C1. The summed E-state index contributed by atoms with van der Waals surface area (Å²) in [5.74, 6) is 0.503. The summed E-state index contributed by atoms with van der Waals surface area (Å²) < 4.78 is 1.67. The Balaban J connectivity index is 1.66. The molecule has 0 saturated carbocycles. The topological polar surface area (TPSA) is 66.8 Å². The molecule has 1 N–H and O–H groups in total. The number of nitrogens with zero attached hydrogens (tertiary/aromatic N) is 4. The predicted molar refractivity (Wildman–Crippen MR) is 74.1 cm³/mol. The van der Waals surface area contributed by atoms with Crippen LogP contribution in [0.2, 0.25) is 0 Å². The molecule has 1 amide bonds. The highest BCUT2D eigenvalue weighted by molar-refractivity contribution is 5.76. The van der Waals surface area contributed by atoms with Gasteiger partial charge in [0.1, 0.15) is 6.54 Å². The molecule has 0 aromatic carbocycles. The monoisotopic (exact) mass is 273 g/mol. The molecule has 1 aliphatic rings. The van der Waals surface area contributed by atoms with Crippen LogP contribution in [0.4, 0.5) is 0 Å². The summed E-state index contributed by atoms with van der Waals surface area (Å²) in [4.78, 5) is 14.2. The maximum Gasteiger partial charge on any atom is 0.244 e. The number of carbonyl (C=O) groups is 1. The van der Waals surface area contributed by atoms with Crippen molar-refractivity contribution in [3.8, 4) is 0 Å². The molecule has 1 aliphatic heterocycles. The highest BCUT2D eigenvalue weighted by Crippen LogP contribution is 2.27. The normalized spacial score (nSPS) is 19.2. The molecule has 0 unspecified atom stereocenters. The Morgan fingerprint density at radius 2 is 2.45 bits per heavy atom. The Kier molecular flexibility index (Phi) is 3.54. The number of H-pyrrole nitrogens is 1. The molecule has 0 radical (unpaired) electrons. The molecular formula is C14H19N5O. The van der Waals surface area contributed by atoms with Crippen LogP contribution in [0.25, 0.3) is 0 Å². The first kappa shape index (κ1) is 12.9. The van der Waals surface area contributed by atoms with E-state index >= 15 is 0 Å².